The third-order valence-electron chi connectivity index (χ3n) is 8.04. The molecule has 0 N–H and O–H groups in total. The van der Waals surface area contributed by atoms with E-state index in [1.165, 1.54) is 35.2 Å². The highest BCUT2D eigenvalue weighted by Crippen LogP contribution is 2.25. The molecule has 0 spiro atoms. The second-order valence-electron chi connectivity index (χ2n) is 11.8. The lowest BCUT2D eigenvalue weighted by molar-refractivity contribution is -0.384. The number of aromatic nitrogens is 6. The van der Waals surface area contributed by atoms with Crippen LogP contribution in [0.3, 0.4) is 0 Å². The molecule has 12 nitrogen and oxygen atoms in total. The molecule has 4 aromatic carbocycles. The summed E-state index contributed by atoms with van der Waals surface area (Å²) in [4.78, 5) is 38.8. The summed E-state index contributed by atoms with van der Waals surface area (Å²) in [6.07, 6.45) is 7.09. The molecule has 55 heavy (non-hydrogen) atoms. The average molecular weight is 764 g/mol. The molecule has 0 radical (unpaired) electrons. The van der Waals surface area contributed by atoms with Gasteiger partial charge in [-0.25, -0.2) is 7.91 Å². The van der Waals surface area contributed by atoms with Gasteiger partial charge in [-0.1, -0.05) is 72.8 Å². The van der Waals surface area contributed by atoms with E-state index >= 15 is 0 Å². The van der Waals surface area contributed by atoms with Crippen molar-refractivity contribution in [2.24, 2.45) is 9.98 Å². The number of rotatable bonds is 10. The SMILES string of the molecule is COc1ccc(-n2sc(=NCc3cccnc3)nc2-c2ccccc2)cc1.O=[N+]([O-])c1ccc(-n2sc(=NCc3cccnc3)nc2-c2ccccc2)cc1. The zero-order chi connectivity index (χ0) is 37.8. The van der Waals surface area contributed by atoms with Crippen LogP contribution in [-0.4, -0.2) is 39.9 Å². The van der Waals surface area contributed by atoms with Gasteiger partial charge in [0.1, 0.15) is 5.75 Å². The Kier molecular flexibility index (Phi) is 11.8. The van der Waals surface area contributed by atoms with Gasteiger partial charge in [0.05, 0.1) is 36.5 Å². The minimum Gasteiger partial charge on any atom is -0.497 e. The van der Waals surface area contributed by atoms with Crippen LogP contribution in [0.4, 0.5) is 5.69 Å². The molecular formula is C41H33N9O3S2. The van der Waals surface area contributed by atoms with E-state index < -0.39 is 4.92 Å². The molecule has 14 heteroatoms. The number of hydrogen-bond donors (Lipinski definition) is 0. The summed E-state index contributed by atoms with van der Waals surface area (Å²) in [6.45, 7) is 1.04. The van der Waals surface area contributed by atoms with E-state index in [2.05, 4.69) is 41.0 Å². The zero-order valence-electron chi connectivity index (χ0n) is 29.5. The molecule has 8 aromatic rings. The van der Waals surface area contributed by atoms with Gasteiger partial charge in [0.25, 0.3) is 5.69 Å². The van der Waals surface area contributed by atoms with Gasteiger partial charge < -0.3 is 4.74 Å². The smallest absolute Gasteiger partial charge is 0.269 e. The maximum Gasteiger partial charge on any atom is 0.269 e. The monoisotopic (exact) mass is 763 g/mol. The van der Waals surface area contributed by atoms with Crippen molar-refractivity contribution in [2.75, 3.05) is 7.11 Å². The number of nitro benzene ring substituents is 1. The number of ether oxygens (including phenoxy) is 1. The summed E-state index contributed by atoms with van der Waals surface area (Å²) in [7, 11) is 1.67. The predicted molar refractivity (Wildman–Crippen MR) is 214 cm³/mol. The van der Waals surface area contributed by atoms with Crippen LogP contribution in [-0.2, 0) is 13.1 Å². The number of hydrogen-bond acceptors (Lipinski definition) is 11. The van der Waals surface area contributed by atoms with Crippen molar-refractivity contribution in [3.8, 4) is 39.9 Å². The molecule has 4 aromatic heterocycles. The highest BCUT2D eigenvalue weighted by molar-refractivity contribution is 7.04. The van der Waals surface area contributed by atoms with Crippen molar-refractivity contribution in [1.82, 2.24) is 27.8 Å². The second-order valence-corrected chi connectivity index (χ2v) is 13.6. The first kappa shape index (κ1) is 36.5. The van der Waals surface area contributed by atoms with Crippen LogP contribution in [0.2, 0.25) is 0 Å². The van der Waals surface area contributed by atoms with E-state index in [1.807, 2.05) is 107 Å². The lowest BCUT2D eigenvalue weighted by atomic mass is 10.2. The van der Waals surface area contributed by atoms with Crippen LogP contribution < -0.4 is 14.3 Å². The van der Waals surface area contributed by atoms with Crippen molar-refractivity contribution < 1.29 is 9.66 Å². The Morgan fingerprint density at radius 3 is 1.47 bits per heavy atom. The Labute approximate surface area is 324 Å². The average Bonchev–Trinajstić information content (AvgIpc) is 3.89. The number of nitrogens with zero attached hydrogens (tertiary/aromatic N) is 9. The van der Waals surface area contributed by atoms with Gasteiger partial charge in [0.15, 0.2) is 11.6 Å². The van der Waals surface area contributed by atoms with E-state index in [0.29, 0.717) is 17.9 Å². The van der Waals surface area contributed by atoms with Gasteiger partial charge in [-0.3, -0.25) is 30.1 Å². The van der Waals surface area contributed by atoms with Crippen LogP contribution in [0, 0.1) is 10.1 Å². The molecule has 272 valence electrons. The van der Waals surface area contributed by atoms with Crippen LogP contribution in [0.5, 0.6) is 5.75 Å². The highest BCUT2D eigenvalue weighted by atomic mass is 32.1. The molecule has 0 saturated heterocycles. The van der Waals surface area contributed by atoms with Crippen LogP contribution >= 0.6 is 23.1 Å². The lowest BCUT2D eigenvalue weighted by Crippen LogP contribution is -1.99. The third kappa shape index (κ3) is 9.37. The molecule has 0 bridgehead atoms. The minimum atomic E-state index is -0.409. The molecule has 0 aliphatic carbocycles. The van der Waals surface area contributed by atoms with Gasteiger partial charge in [-0.15, -0.1) is 0 Å². The normalized spacial score (nSPS) is 11.5. The van der Waals surface area contributed by atoms with E-state index in [0.717, 1.165) is 55.8 Å². The number of benzene rings is 4. The predicted octanol–water partition coefficient (Wildman–Crippen LogP) is 8.11. The number of pyridine rings is 2. The molecule has 0 amide bonds. The van der Waals surface area contributed by atoms with Gasteiger partial charge in [0.2, 0.25) is 9.60 Å². The fourth-order valence-electron chi connectivity index (χ4n) is 5.31. The molecule has 4 heterocycles. The molecule has 0 saturated carbocycles. The number of non-ortho nitro benzene ring substituents is 1. The van der Waals surface area contributed by atoms with Gasteiger partial charge in [-0.2, -0.15) is 9.97 Å². The zero-order valence-corrected chi connectivity index (χ0v) is 31.1. The maximum absolute atomic E-state index is 10.9. The van der Waals surface area contributed by atoms with Crippen molar-refractivity contribution in [2.45, 2.75) is 13.1 Å². The first-order valence-electron chi connectivity index (χ1n) is 17.0. The van der Waals surface area contributed by atoms with Crippen LogP contribution in [0.25, 0.3) is 34.2 Å². The van der Waals surface area contributed by atoms with Gasteiger partial charge >= 0.3 is 0 Å². The largest absolute Gasteiger partial charge is 0.497 e. The quantitative estimate of drug-likeness (QED) is 0.101. The van der Waals surface area contributed by atoms with E-state index in [9.17, 15) is 10.1 Å². The first-order valence-corrected chi connectivity index (χ1v) is 18.6. The highest BCUT2D eigenvalue weighted by Gasteiger charge is 2.13. The topological polar surface area (TPSA) is 139 Å². The lowest BCUT2D eigenvalue weighted by Gasteiger charge is -2.07. The minimum absolute atomic E-state index is 0.0524. The van der Waals surface area contributed by atoms with Gasteiger partial charge in [-0.05, 0) is 82.7 Å². The summed E-state index contributed by atoms with van der Waals surface area (Å²) in [6, 6.07) is 42.0. The maximum atomic E-state index is 10.9. The van der Waals surface area contributed by atoms with Crippen molar-refractivity contribution >= 4 is 28.8 Å². The molecule has 0 aliphatic rings. The Bertz CT molecular complexity index is 2590. The molecule has 0 fully saturated rings. The van der Waals surface area contributed by atoms with Gasteiger partial charge in [0, 0.05) is 48.0 Å². The summed E-state index contributed by atoms with van der Waals surface area (Å²) < 4.78 is 9.29. The molecule has 0 atom stereocenters. The molecular weight excluding hydrogens is 731 g/mol. The Morgan fingerprint density at radius 1 is 0.618 bits per heavy atom. The Balaban J connectivity index is 0.000000169. The first-order chi connectivity index (χ1) is 27.0. The van der Waals surface area contributed by atoms with Crippen LogP contribution in [0.1, 0.15) is 11.1 Å². The summed E-state index contributed by atoms with van der Waals surface area (Å²) >= 11 is 2.91. The molecule has 8 rings (SSSR count). The molecule has 0 aliphatic heterocycles. The summed E-state index contributed by atoms with van der Waals surface area (Å²) in [5, 5.41) is 10.9. The standard InChI is InChI=1S/C21H18N4OS.C20H15N5O2S/c1-26-19-11-9-18(10-12-19)25-20(17-7-3-2-4-8-17)24-21(27-25)23-15-16-6-5-13-22-14-16;26-25(27)18-10-8-17(9-11-18)24-19(16-6-2-1-3-7-16)23-20(28-24)22-14-15-5-4-12-21-13-15/h2-14H,15H2,1H3;1-13H,14H2. The second kappa shape index (κ2) is 17.7. The van der Waals surface area contributed by atoms with E-state index in [4.69, 9.17) is 9.72 Å². The van der Waals surface area contributed by atoms with Crippen LogP contribution in [0.15, 0.2) is 168 Å². The van der Waals surface area contributed by atoms with E-state index in [1.54, 1.807) is 37.8 Å². The molecule has 0 unspecified atom stereocenters. The summed E-state index contributed by atoms with van der Waals surface area (Å²) in [5.74, 6) is 2.44. The number of nitro groups is 1. The van der Waals surface area contributed by atoms with Crippen molar-refractivity contribution in [3.63, 3.8) is 0 Å². The van der Waals surface area contributed by atoms with Crippen molar-refractivity contribution in [1.29, 1.82) is 0 Å². The fourth-order valence-corrected chi connectivity index (χ4v) is 7.05. The Hall–Kier alpha value is -6.90. The Morgan fingerprint density at radius 2 is 1.07 bits per heavy atom. The van der Waals surface area contributed by atoms with E-state index in [-0.39, 0.29) is 5.69 Å². The fraction of sp³-hybridized carbons (Fsp3) is 0.0732. The van der Waals surface area contributed by atoms with Crippen molar-refractivity contribution in [3.05, 3.63) is 189 Å². The third-order valence-corrected chi connectivity index (χ3v) is 9.94. The number of methoxy groups -OCH3 is 1. The summed E-state index contributed by atoms with van der Waals surface area (Å²) in [5.41, 5.74) is 5.93.